The Bertz CT molecular complexity index is 1010. The Morgan fingerprint density at radius 2 is 2.07 bits per heavy atom. The average molecular weight is 445 g/mol. The smallest absolute Gasteiger partial charge is 0.325 e. The molecule has 1 saturated heterocycles. The van der Waals surface area contributed by atoms with Gasteiger partial charge in [0.1, 0.15) is 0 Å². The fourth-order valence-electron chi connectivity index (χ4n) is 3.31. The van der Waals surface area contributed by atoms with Gasteiger partial charge in [0.2, 0.25) is 5.16 Å². The maximum Gasteiger partial charge on any atom is 0.325 e. The van der Waals surface area contributed by atoms with Crippen LogP contribution in [0.2, 0.25) is 0 Å². The summed E-state index contributed by atoms with van der Waals surface area (Å²) in [5.41, 5.74) is 3.09. The number of anilines is 3. The Morgan fingerprint density at radius 3 is 2.83 bits per heavy atom. The van der Waals surface area contributed by atoms with Crippen molar-refractivity contribution in [1.82, 2.24) is 25.2 Å². The number of hydrogen-bond donors (Lipinski definition) is 2. The molecule has 1 aromatic carbocycles. The first-order valence-electron chi connectivity index (χ1n) is 9.82. The number of rotatable bonds is 6. The number of carbonyl (C=O) groups is 1. The predicted octanol–water partition coefficient (Wildman–Crippen LogP) is 3.90. The summed E-state index contributed by atoms with van der Waals surface area (Å²) < 4.78 is 1.62. The Hall–Kier alpha value is -2.66. The molecule has 3 aromatic rings. The molecule has 0 spiro atoms. The Balaban J connectivity index is 1.37. The standard InChI is InChI=1S/C19H24N8OS2/c1-13-6-7-15(16(10-13)27-8-4-3-5-9-27)21-17(28)22-18-20-11-14(30-18)12-29-19-23-24-25-26(19)2/h6-7,10-11H,3-5,8-9,12H2,1-2H3,(H2,20,21,22,28). The fraction of sp³-hybridized carbons (Fsp3) is 0.421. The molecule has 0 unspecified atom stereocenters. The molecule has 2 N–H and O–H groups in total. The van der Waals surface area contributed by atoms with Gasteiger partial charge >= 0.3 is 6.03 Å². The molecule has 9 nitrogen and oxygen atoms in total. The van der Waals surface area contributed by atoms with E-state index in [4.69, 9.17) is 0 Å². The highest BCUT2D eigenvalue weighted by Gasteiger charge is 2.17. The Kier molecular flexibility index (Phi) is 6.48. The summed E-state index contributed by atoms with van der Waals surface area (Å²) in [7, 11) is 1.80. The summed E-state index contributed by atoms with van der Waals surface area (Å²) in [6, 6.07) is 5.84. The Morgan fingerprint density at radius 1 is 1.23 bits per heavy atom. The van der Waals surface area contributed by atoms with Gasteiger partial charge in [0.15, 0.2) is 5.13 Å². The van der Waals surface area contributed by atoms with Crippen LogP contribution in [0.15, 0.2) is 29.6 Å². The molecule has 0 bridgehead atoms. The van der Waals surface area contributed by atoms with Crippen molar-refractivity contribution in [3.05, 3.63) is 34.8 Å². The van der Waals surface area contributed by atoms with Crippen LogP contribution < -0.4 is 15.5 Å². The largest absolute Gasteiger partial charge is 0.370 e. The summed E-state index contributed by atoms with van der Waals surface area (Å²) in [4.78, 5) is 20.3. The summed E-state index contributed by atoms with van der Waals surface area (Å²) in [6.45, 7) is 4.12. The second-order valence-electron chi connectivity index (χ2n) is 7.15. The number of amides is 2. The lowest BCUT2D eigenvalue weighted by atomic mass is 10.1. The third kappa shape index (κ3) is 5.08. The van der Waals surface area contributed by atoms with Crippen molar-refractivity contribution in [2.75, 3.05) is 28.6 Å². The van der Waals surface area contributed by atoms with Gasteiger partial charge in [0.25, 0.3) is 0 Å². The van der Waals surface area contributed by atoms with Gasteiger partial charge in [-0.3, -0.25) is 5.32 Å². The van der Waals surface area contributed by atoms with Gasteiger partial charge < -0.3 is 10.2 Å². The number of tetrazole rings is 1. The molecule has 1 aliphatic heterocycles. The van der Waals surface area contributed by atoms with Gasteiger partial charge in [0.05, 0.1) is 11.4 Å². The van der Waals surface area contributed by atoms with Crippen molar-refractivity contribution in [3.63, 3.8) is 0 Å². The van der Waals surface area contributed by atoms with Crippen molar-refractivity contribution >= 4 is 45.6 Å². The third-order valence-corrected chi connectivity index (χ3v) is 6.95. The first kappa shape index (κ1) is 20.6. The van der Waals surface area contributed by atoms with Crippen LogP contribution in [0, 0.1) is 6.92 Å². The summed E-state index contributed by atoms with van der Waals surface area (Å²) in [5.74, 6) is 0.687. The van der Waals surface area contributed by atoms with Gasteiger partial charge in [-0.25, -0.2) is 14.5 Å². The Labute approximate surface area is 183 Å². The molecule has 4 rings (SSSR count). The van der Waals surface area contributed by atoms with E-state index in [1.54, 1.807) is 17.9 Å². The van der Waals surface area contributed by atoms with Gasteiger partial charge in [0, 0.05) is 37.0 Å². The number of urea groups is 1. The highest BCUT2D eigenvalue weighted by molar-refractivity contribution is 7.98. The second-order valence-corrected chi connectivity index (χ2v) is 9.21. The molecule has 0 atom stereocenters. The van der Waals surface area contributed by atoms with Crippen LogP contribution in [0.5, 0.6) is 0 Å². The lowest BCUT2D eigenvalue weighted by Gasteiger charge is -2.30. The molecular weight excluding hydrogens is 420 g/mol. The van der Waals surface area contributed by atoms with E-state index < -0.39 is 0 Å². The quantitative estimate of drug-likeness (QED) is 0.556. The molecule has 158 valence electrons. The highest BCUT2D eigenvalue weighted by atomic mass is 32.2. The van der Waals surface area contributed by atoms with E-state index in [-0.39, 0.29) is 6.03 Å². The van der Waals surface area contributed by atoms with Gasteiger partial charge in [-0.05, 0) is 54.3 Å². The number of benzene rings is 1. The van der Waals surface area contributed by atoms with Crippen LogP contribution in [0.25, 0.3) is 0 Å². The zero-order valence-corrected chi connectivity index (χ0v) is 18.6. The van der Waals surface area contributed by atoms with Crippen LogP contribution in [-0.4, -0.2) is 44.3 Å². The third-order valence-electron chi connectivity index (χ3n) is 4.80. The number of piperidine rings is 1. The van der Waals surface area contributed by atoms with Crippen LogP contribution in [0.1, 0.15) is 29.7 Å². The first-order valence-corrected chi connectivity index (χ1v) is 11.6. The van der Waals surface area contributed by atoms with Crippen LogP contribution in [0.3, 0.4) is 0 Å². The minimum absolute atomic E-state index is 0.289. The van der Waals surface area contributed by atoms with Crippen LogP contribution in [-0.2, 0) is 12.8 Å². The van der Waals surface area contributed by atoms with E-state index in [0.717, 1.165) is 34.5 Å². The molecular formula is C19H24N8OS2. The second kappa shape index (κ2) is 9.43. The summed E-state index contributed by atoms with van der Waals surface area (Å²) in [6.07, 6.45) is 5.40. The molecule has 2 amide bonds. The predicted molar refractivity (Wildman–Crippen MR) is 120 cm³/mol. The zero-order valence-electron chi connectivity index (χ0n) is 17.0. The molecule has 0 saturated carbocycles. The number of aryl methyl sites for hydroxylation is 2. The number of thiazole rings is 1. The molecule has 1 fully saturated rings. The van der Waals surface area contributed by atoms with E-state index in [0.29, 0.717) is 10.9 Å². The maximum absolute atomic E-state index is 12.6. The SMILES string of the molecule is Cc1ccc(NC(=O)Nc2ncc(CSc3nnnn3C)s2)c(N2CCCCC2)c1. The van der Waals surface area contributed by atoms with Crippen LogP contribution >= 0.6 is 23.1 Å². The monoisotopic (exact) mass is 444 g/mol. The summed E-state index contributed by atoms with van der Waals surface area (Å²) in [5, 5.41) is 18.5. The first-order chi connectivity index (χ1) is 14.6. The number of nitrogens with zero attached hydrogens (tertiary/aromatic N) is 6. The number of nitrogens with one attached hydrogen (secondary N) is 2. The molecule has 3 heterocycles. The molecule has 0 radical (unpaired) electrons. The lowest BCUT2D eigenvalue weighted by Crippen LogP contribution is -2.31. The minimum atomic E-state index is -0.289. The lowest BCUT2D eigenvalue weighted by molar-refractivity contribution is 0.262. The van der Waals surface area contributed by atoms with Gasteiger partial charge in [-0.1, -0.05) is 17.8 Å². The van der Waals surface area contributed by atoms with E-state index in [9.17, 15) is 4.79 Å². The van der Waals surface area contributed by atoms with Crippen LogP contribution in [0.4, 0.5) is 21.3 Å². The van der Waals surface area contributed by atoms with Crippen molar-refractivity contribution in [2.45, 2.75) is 37.1 Å². The molecule has 30 heavy (non-hydrogen) atoms. The molecule has 0 aliphatic carbocycles. The van der Waals surface area contributed by atoms with Crippen molar-refractivity contribution < 1.29 is 4.79 Å². The van der Waals surface area contributed by atoms with Crippen molar-refractivity contribution in [2.24, 2.45) is 7.05 Å². The van der Waals surface area contributed by atoms with E-state index in [1.165, 1.54) is 47.9 Å². The van der Waals surface area contributed by atoms with Gasteiger partial charge in [-0.15, -0.1) is 16.4 Å². The van der Waals surface area contributed by atoms with Gasteiger partial charge in [-0.2, -0.15) is 0 Å². The van der Waals surface area contributed by atoms with Crippen molar-refractivity contribution in [3.8, 4) is 0 Å². The minimum Gasteiger partial charge on any atom is -0.370 e. The fourth-order valence-corrected chi connectivity index (χ4v) is 4.98. The number of hydrogen-bond acceptors (Lipinski definition) is 8. The highest BCUT2D eigenvalue weighted by Crippen LogP contribution is 2.30. The topological polar surface area (TPSA) is 101 Å². The average Bonchev–Trinajstić information content (AvgIpc) is 3.36. The number of aromatic nitrogens is 5. The maximum atomic E-state index is 12.6. The molecule has 11 heteroatoms. The zero-order chi connectivity index (χ0) is 20.9. The molecule has 1 aliphatic rings. The van der Waals surface area contributed by atoms with E-state index in [2.05, 4.69) is 49.0 Å². The normalized spacial score (nSPS) is 14.0. The van der Waals surface area contributed by atoms with E-state index >= 15 is 0 Å². The summed E-state index contributed by atoms with van der Waals surface area (Å²) >= 11 is 2.97. The number of thioether (sulfide) groups is 1. The number of carbonyl (C=O) groups excluding carboxylic acids is 1. The molecule has 2 aromatic heterocycles. The van der Waals surface area contributed by atoms with Crippen molar-refractivity contribution in [1.29, 1.82) is 0 Å². The van der Waals surface area contributed by atoms with E-state index in [1.807, 2.05) is 12.1 Å².